The van der Waals surface area contributed by atoms with Gasteiger partial charge in [-0.15, -0.1) is 0 Å². The maximum atomic E-state index is 13.1. The Kier molecular flexibility index (Phi) is 65.5. The number of unbranched alkanes of at least 4 members (excludes halogenated alkanes) is 43. The Morgan fingerprint density at radius 1 is 0.309 bits per heavy atom. The Labute approximate surface area is 575 Å². The van der Waals surface area contributed by atoms with Crippen molar-refractivity contribution >= 4 is 39.5 Å². The summed E-state index contributed by atoms with van der Waals surface area (Å²) in [5, 5.41) is 10.6. The Morgan fingerprint density at radius 2 is 0.543 bits per heavy atom. The van der Waals surface area contributed by atoms with Gasteiger partial charge in [0.25, 0.3) is 0 Å². The van der Waals surface area contributed by atoms with E-state index in [0.717, 1.165) is 108 Å². The van der Waals surface area contributed by atoms with Gasteiger partial charge in [-0.3, -0.25) is 37.3 Å². The molecule has 0 radical (unpaired) electrons. The average Bonchev–Trinajstić information content (AvgIpc) is 1.34. The summed E-state index contributed by atoms with van der Waals surface area (Å²) in [6.07, 6.45) is 54.7. The van der Waals surface area contributed by atoms with E-state index in [4.69, 9.17) is 37.0 Å². The number of carbonyl (C=O) groups excluding carboxylic acids is 4. The summed E-state index contributed by atoms with van der Waals surface area (Å²) in [5.41, 5.74) is 0. The number of hydrogen-bond donors (Lipinski definition) is 3. The van der Waals surface area contributed by atoms with E-state index in [2.05, 4.69) is 41.5 Å². The molecule has 19 heteroatoms. The highest BCUT2D eigenvalue weighted by molar-refractivity contribution is 7.47. The van der Waals surface area contributed by atoms with Crippen molar-refractivity contribution in [1.82, 2.24) is 0 Å². The molecule has 0 aliphatic rings. The van der Waals surface area contributed by atoms with Crippen molar-refractivity contribution in [2.24, 2.45) is 11.8 Å². The second-order valence-corrected chi connectivity index (χ2v) is 30.7. The highest BCUT2D eigenvalue weighted by Crippen LogP contribution is 2.45. The third-order valence-corrected chi connectivity index (χ3v) is 19.7. The summed E-state index contributed by atoms with van der Waals surface area (Å²) in [6, 6.07) is 0. The third kappa shape index (κ3) is 67.3. The van der Waals surface area contributed by atoms with Gasteiger partial charge in [-0.05, 0) is 37.5 Å². The summed E-state index contributed by atoms with van der Waals surface area (Å²) >= 11 is 0. The molecule has 0 heterocycles. The third-order valence-electron chi connectivity index (χ3n) is 17.8. The second-order valence-electron chi connectivity index (χ2n) is 27.8. The minimum Gasteiger partial charge on any atom is -0.462 e. The fraction of sp³-hybridized carbons (Fsp3) is 0.947. The van der Waals surface area contributed by atoms with Crippen LogP contribution in [0, 0.1) is 11.8 Å². The standard InChI is InChI=1S/C75H146O17P2/c1-7-10-12-14-15-33-41-47-53-59-74(79)91-70(63-85-72(77)57-51-43-13-11-8-2)65-89-93(81,82)87-61-69(76)62-88-94(83,84)90-66-71(64-86-73(78)58-52-46-40-36-31-27-24-20-21-25-29-34-38-44-49-55-67(4)5)92-75(80)60-54-48-42-37-32-28-23-19-17-16-18-22-26-30-35-39-45-50-56-68(6)9-3/h67-71,76H,7-66H2,1-6H3,(H,81,82)(H,83,84)/t68?,69-,70+,71+/m0/s1. The molecule has 94 heavy (non-hydrogen) atoms. The maximum Gasteiger partial charge on any atom is 0.472 e. The second kappa shape index (κ2) is 66.9. The van der Waals surface area contributed by atoms with Gasteiger partial charge in [-0.2, -0.15) is 0 Å². The first-order chi connectivity index (χ1) is 45.4. The Bertz CT molecular complexity index is 1820. The van der Waals surface area contributed by atoms with Gasteiger partial charge in [0, 0.05) is 25.7 Å². The molecule has 0 saturated carbocycles. The summed E-state index contributed by atoms with van der Waals surface area (Å²) in [6.45, 7) is 9.57. The number of aliphatic hydroxyl groups is 1. The molecule has 0 aromatic carbocycles. The van der Waals surface area contributed by atoms with E-state index in [1.165, 1.54) is 199 Å². The summed E-state index contributed by atoms with van der Waals surface area (Å²) < 4.78 is 68.1. The van der Waals surface area contributed by atoms with Crippen LogP contribution in [0.2, 0.25) is 0 Å². The SMILES string of the molecule is CCCCCCCCCCCC(=O)O[C@H](COC(=O)CCCCCCC)COP(=O)(O)OC[C@H](O)COP(=O)(O)OC[C@@H](COC(=O)CCCCCCCCCCCCCCCCCC(C)C)OC(=O)CCCCCCCCCCCCCCCCCCCCC(C)CC. The van der Waals surface area contributed by atoms with Gasteiger partial charge in [0.1, 0.15) is 19.3 Å². The van der Waals surface area contributed by atoms with E-state index in [1.807, 2.05) is 0 Å². The monoisotopic (exact) mass is 1380 g/mol. The van der Waals surface area contributed by atoms with Gasteiger partial charge < -0.3 is 33.8 Å². The van der Waals surface area contributed by atoms with Crippen LogP contribution in [0.1, 0.15) is 388 Å². The van der Waals surface area contributed by atoms with Crippen LogP contribution in [0.25, 0.3) is 0 Å². The Balaban J connectivity index is 5.09. The number of ether oxygens (including phenoxy) is 4. The van der Waals surface area contributed by atoms with Crippen molar-refractivity contribution in [1.29, 1.82) is 0 Å². The number of carbonyl (C=O) groups is 4. The van der Waals surface area contributed by atoms with Gasteiger partial charge in [-0.1, -0.05) is 337 Å². The fourth-order valence-corrected chi connectivity index (χ4v) is 13.0. The molecule has 17 nitrogen and oxygen atoms in total. The van der Waals surface area contributed by atoms with Crippen molar-refractivity contribution < 1.29 is 80.2 Å². The largest absolute Gasteiger partial charge is 0.472 e. The van der Waals surface area contributed by atoms with Crippen LogP contribution in [-0.2, 0) is 65.4 Å². The molecule has 3 N–H and O–H groups in total. The molecule has 0 aromatic rings. The first-order valence-corrected chi connectivity index (χ1v) is 42.0. The smallest absolute Gasteiger partial charge is 0.462 e. The lowest BCUT2D eigenvalue weighted by molar-refractivity contribution is -0.161. The summed E-state index contributed by atoms with van der Waals surface area (Å²) in [5.74, 6) is -0.454. The predicted octanol–water partition coefficient (Wildman–Crippen LogP) is 21.9. The first-order valence-electron chi connectivity index (χ1n) is 39.0. The van der Waals surface area contributed by atoms with Crippen molar-refractivity contribution in [3.05, 3.63) is 0 Å². The molecule has 0 fully saturated rings. The molecule has 0 amide bonds. The zero-order chi connectivity index (χ0) is 69.3. The molecule has 0 aliphatic carbocycles. The predicted molar refractivity (Wildman–Crippen MR) is 381 cm³/mol. The molecular weight excluding hydrogens is 1230 g/mol. The van der Waals surface area contributed by atoms with Gasteiger partial charge in [-0.25, -0.2) is 9.13 Å². The molecular formula is C75H146O17P2. The number of phosphoric ester groups is 2. The number of rotatable bonds is 74. The maximum absolute atomic E-state index is 13.1. The van der Waals surface area contributed by atoms with Gasteiger partial charge in [0.2, 0.25) is 0 Å². The molecule has 6 atom stereocenters. The molecule has 0 rings (SSSR count). The van der Waals surface area contributed by atoms with E-state index in [9.17, 15) is 43.2 Å². The topological polar surface area (TPSA) is 237 Å². The minimum atomic E-state index is -4.95. The van der Waals surface area contributed by atoms with E-state index >= 15 is 0 Å². The van der Waals surface area contributed by atoms with Crippen molar-refractivity contribution in [3.63, 3.8) is 0 Å². The van der Waals surface area contributed by atoms with Crippen LogP contribution in [-0.4, -0.2) is 96.7 Å². The Hall–Kier alpha value is -1.94. The quantitative estimate of drug-likeness (QED) is 0.0222. The van der Waals surface area contributed by atoms with Crippen molar-refractivity contribution in [3.8, 4) is 0 Å². The average molecular weight is 1380 g/mol. The lowest BCUT2D eigenvalue weighted by Crippen LogP contribution is -2.30. The van der Waals surface area contributed by atoms with Crippen LogP contribution >= 0.6 is 15.6 Å². The highest BCUT2D eigenvalue weighted by Gasteiger charge is 2.30. The summed E-state index contributed by atoms with van der Waals surface area (Å²) in [7, 11) is -9.89. The number of esters is 4. The van der Waals surface area contributed by atoms with Gasteiger partial charge in [0.15, 0.2) is 12.2 Å². The number of aliphatic hydroxyl groups excluding tert-OH is 1. The molecule has 0 spiro atoms. The lowest BCUT2D eigenvalue weighted by atomic mass is 9.99. The lowest BCUT2D eigenvalue weighted by Gasteiger charge is -2.21. The van der Waals surface area contributed by atoms with Crippen LogP contribution in [0.3, 0.4) is 0 Å². The van der Waals surface area contributed by atoms with Crippen molar-refractivity contribution in [2.45, 2.75) is 407 Å². The highest BCUT2D eigenvalue weighted by atomic mass is 31.2. The number of phosphoric acid groups is 2. The van der Waals surface area contributed by atoms with Gasteiger partial charge in [0.05, 0.1) is 26.4 Å². The van der Waals surface area contributed by atoms with Crippen molar-refractivity contribution in [2.75, 3.05) is 39.6 Å². The van der Waals surface area contributed by atoms with E-state index < -0.39 is 97.5 Å². The van der Waals surface area contributed by atoms with E-state index in [1.54, 1.807) is 0 Å². The molecule has 558 valence electrons. The normalized spacial score (nSPS) is 14.3. The van der Waals surface area contributed by atoms with Crippen LogP contribution < -0.4 is 0 Å². The molecule has 0 aliphatic heterocycles. The van der Waals surface area contributed by atoms with Gasteiger partial charge >= 0.3 is 39.5 Å². The fourth-order valence-electron chi connectivity index (χ4n) is 11.4. The molecule has 0 saturated heterocycles. The Morgan fingerprint density at radius 3 is 0.809 bits per heavy atom. The summed E-state index contributed by atoms with van der Waals surface area (Å²) in [4.78, 5) is 72.3. The van der Waals surface area contributed by atoms with Crippen LogP contribution in [0.15, 0.2) is 0 Å². The number of hydrogen-bond acceptors (Lipinski definition) is 15. The van der Waals surface area contributed by atoms with E-state index in [-0.39, 0.29) is 25.7 Å². The molecule has 0 bridgehead atoms. The molecule has 3 unspecified atom stereocenters. The van der Waals surface area contributed by atoms with Crippen LogP contribution in [0.4, 0.5) is 0 Å². The zero-order valence-electron chi connectivity index (χ0n) is 61.3. The first kappa shape index (κ1) is 92.1. The zero-order valence-corrected chi connectivity index (χ0v) is 63.1. The minimum absolute atomic E-state index is 0.105. The molecule has 0 aromatic heterocycles. The van der Waals surface area contributed by atoms with E-state index in [0.29, 0.717) is 25.7 Å². The van der Waals surface area contributed by atoms with Crippen LogP contribution in [0.5, 0.6) is 0 Å².